The number of para-hydroxylation sites is 3. The van der Waals surface area contributed by atoms with E-state index in [1.54, 1.807) is 0 Å². The molecule has 3 heteroatoms. The number of rotatable bonds is 5. The van der Waals surface area contributed by atoms with Crippen LogP contribution in [-0.4, -0.2) is 4.57 Å². The van der Waals surface area contributed by atoms with Crippen LogP contribution in [0.1, 0.15) is 0 Å². The third kappa shape index (κ3) is 4.68. The Morgan fingerprint density at radius 2 is 1.02 bits per heavy atom. The number of hydrogen-bond donors (Lipinski definition) is 0. The number of furan rings is 1. The van der Waals surface area contributed by atoms with Crippen LogP contribution in [0.15, 0.2) is 199 Å². The third-order valence-electron chi connectivity index (χ3n) is 10.8. The molecular weight excluding hydrogens is 645 g/mol. The molecule has 0 spiro atoms. The highest BCUT2D eigenvalue weighted by Crippen LogP contribution is 2.43. The summed E-state index contributed by atoms with van der Waals surface area (Å²) in [7, 11) is 0. The number of hydrogen-bond acceptors (Lipinski definition) is 2. The standard InChI is InChI=1S/C50H32N2O/c1-2-13-36-31-39(29-25-33(36)11-1)51(48-21-10-18-43-42-17-6-8-22-49(42)53-50(43)48)38-27-23-34(24-28-38)37-26-30-47-44(32-37)41-16-5-7-19-46(41)52(47)45-20-9-14-35-12-3-4-15-40(35)45/h1-32H. The first-order valence-electron chi connectivity index (χ1n) is 18.1. The number of anilines is 3. The van der Waals surface area contributed by atoms with E-state index in [9.17, 15) is 0 Å². The zero-order chi connectivity index (χ0) is 34.9. The first kappa shape index (κ1) is 29.6. The smallest absolute Gasteiger partial charge is 0.159 e. The monoisotopic (exact) mass is 676 g/mol. The summed E-state index contributed by atoms with van der Waals surface area (Å²) in [6, 6.07) is 69.7. The normalized spacial score (nSPS) is 11.8. The van der Waals surface area contributed by atoms with E-state index in [1.165, 1.54) is 54.6 Å². The van der Waals surface area contributed by atoms with Gasteiger partial charge in [0.15, 0.2) is 5.58 Å². The SMILES string of the molecule is c1ccc2cc(N(c3ccc(-c4ccc5c(c4)c4ccccc4n5-c4cccc5ccccc45)cc3)c3cccc4c3oc3ccccc34)ccc2c1. The van der Waals surface area contributed by atoms with Crippen molar-refractivity contribution >= 4 is 82.4 Å². The fraction of sp³-hybridized carbons (Fsp3) is 0. The van der Waals surface area contributed by atoms with Crippen LogP contribution >= 0.6 is 0 Å². The van der Waals surface area contributed by atoms with Crippen LogP contribution in [-0.2, 0) is 0 Å². The Labute approximate surface area is 306 Å². The highest BCUT2D eigenvalue weighted by molar-refractivity contribution is 6.12. The molecule has 9 aromatic carbocycles. The summed E-state index contributed by atoms with van der Waals surface area (Å²) in [5.41, 5.74) is 10.8. The summed E-state index contributed by atoms with van der Waals surface area (Å²) in [4.78, 5) is 2.32. The second kappa shape index (κ2) is 11.7. The van der Waals surface area contributed by atoms with Crippen molar-refractivity contribution in [1.29, 1.82) is 0 Å². The van der Waals surface area contributed by atoms with Gasteiger partial charge in [0, 0.05) is 38.3 Å². The van der Waals surface area contributed by atoms with Crippen molar-refractivity contribution in [3.63, 3.8) is 0 Å². The average Bonchev–Trinajstić information content (AvgIpc) is 3.77. The molecule has 0 atom stereocenters. The van der Waals surface area contributed by atoms with Crippen LogP contribution in [0.4, 0.5) is 17.1 Å². The molecule has 0 amide bonds. The molecule has 0 unspecified atom stereocenters. The zero-order valence-electron chi connectivity index (χ0n) is 28.8. The Kier molecular flexibility index (Phi) is 6.55. The van der Waals surface area contributed by atoms with Gasteiger partial charge < -0.3 is 13.9 Å². The minimum Gasteiger partial charge on any atom is -0.454 e. The number of aromatic nitrogens is 1. The summed E-state index contributed by atoms with van der Waals surface area (Å²) in [5, 5.41) is 9.60. The van der Waals surface area contributed by atoms with Crippen LogP contribution < -0.4 is 4.90 Å². The van der Waals surface area contributed by atoms with Gasteiger partial charge in [0.1, 0.15) is 5.58 Å². The molecule has 11 rings (SSSR count). The van der Waals surface area contributed by atoms with Crippen molar-refractivity contribution in [2.24, 2.45) is 0 Å². The van der Waals surface area contributed by atoms with Crippen molar-refractivity contribution in [2.75, 3.05) is 4.90 Å². The second-order valence-electron chi connectivity index (χ2n) is 13.7. The maximum absolute atomic E-state index is 6.58. The van der Waals surface area contributed by atoms with Gasteiger partial charge in [0.05, 0.1) is 22.4 Å². The minimum absolute atomic E-state index is 0.874. The summed E-state index contributed by atoms with van der Waals surface area (Å²) in [5.74, 6) is 0. The Morgan fingerprint density at radius 1 is 0.377 bits per heavy atom. The zero-order valence-corrected chi connectivity index (χ0v) is 28.8. The number of benzene rings is 9. The number of fused-ring (bicyclic) bond motifs is 8. The molecule has 2 heterocycles. The molecule has 0 aliphatic rings. The molecule has 53 heavy (non-hydrogen) atoms. The Morgan fingerprint density at radius 3 is 1.91 bits per heavy atom. The van der Waals surface area contributed by atoms with E-state index in [4.69, 9.17) is 4.42 Å². The highest BCUT2D eigenvalue weighted by atomic mass is 16.3. The quantitative estimate of drug-likeness (QED) is 0.181. The molecule has 0 radical (unpaired) electrons. The van der Waals surface area contributed by atoms with E-state index in [2.05, 4.69) is 191 Å². The largest absolute Gasteiger partial charge is 0.454 e. The van der Waals surface area contributed by atoms with E-state index in [0.29, 0.717) is 0 Å². The van der Waals surface area contributed by atoms with Crippen LogP contribution in [0, 0.1) is 0 Å². The van der Waals surface area contributed by atoms with Crippen LogP contribution in [0.2, 0.25) is 0 Å². The first-order chi connectivity index (χ1) is 26.3. The molecule has 0 bridgehead atoms. The van der Waals surface area contributed by atoms with Crippen molar-refractivity contribution < 1.29 is 4.42 Å². The summed E-state index contributed by atoms with van der Waals surface area (Å²) in [6.45, 7) is 0. The van der Waals surface area contributed by atoms with Gasteiger partial charge in [-0.2, -0.15) is 0 Å². The van der Waals surface area contributed by atoms with E-state index >= 15 is 0 Å². The van der Waals surface area contributed by atoms with E-state index in [1.807, 2.05) is 12.1 Å². The van der Waals surface area contributed by atoms with Gasteiger partial charge in [0.25, 0.3) is 0 Å². The lowest BCUT2D eigenvalue weighted by atomic mass is 10.0. The average molecular weight is 677 g/mol. The van der Waals surface area contributed by atoms with Gasteiger partial charge in [-0.05, 0) is 87.9 Å². The van der Waals surface area contributed by atoms with E-state index in [0.717, 1.165) is 44.6 Å². The van der Waals surface area contributed by atoms with Crippen LogP contribution in [0.25, 0.3) is 82.1 Å². The minimum atomic E-state index is 0.874. The van der Waals surface area contributed by atoms with Crippen molar-refractivity contribution in [3.05, 3.63) is 194 Å². The Balaban J connectivity index is 1.06. The van der Waals surface area contributed by atoms with Crippen molar-refractivity contribution in [3.8, 4) is 16.8 Å². The molecule has 3 nitrogen and oxygen atoms in total. The van der Waals surface area contributed by atoms with Gasteiger partial charge in [0.2, 0.25) is 0 Å². The lowest BCUT2D eigenvalue weighted by molar-refractivity contribution is 0.669. The molecule has 2 aromatic heterocycles. The molecule has 0 saturated carbocycles. The van der Waals surface area contributed by atoms with E-state index < -0.39 is 0 Å². The maximum atomic E-state index is 6.58. The summed E-state index contributed by atoms with van der Waals surface area (Å²) >= 11 is 0. The fourth-order valence-corrected chi connectivity index (χ4v) is 8.27. The summed E-state index contributed by atoms with van der Waals surface area (Å²) in [6.07, 6.45) is 0. The first-order valence-corrected chi connectivity index (χ1v) is 18.1. The molecule has 0 N–H and O–H groups in total. The Hall–Kier alpha value is -7.10. The van der Waals surface area contributed by atoms with Crippen LogP contribution in [0.3, 0.4) is 0 Å². The van der Waals surface area contributed by atoms with E-state index in [-0.39, 0.29) is 0 Å². The fourth-order valence-electron chi connectivity index (χ4n) is 8.27. The maximum Gasteiger partial charge on any atom is 0.159 e. The third-order valence-corrected chi connectivity index (χ3v) is 10.8. The number of nitrogens with zero attached hydrogens (tertiary/aromatic N) is 2. The van der Waals surface area contributed by atoms with Crippen molar-refractivity contribution in [2.45, 2.75) is 0 Å². The topological polar surface area (TPSA) is 21.3 Å². The molecular formula is C50H32N2O. The molecule has 0 fully saturated rings. The van der Waals surface area contributed by atoms with Crippen LogP contribution in [0.5, 0.6) is 0 Å². The van der Waals surface area contributed by atoms with Gasteiger partial charge >= 0.3 is 0 Å². The van der Waals surface area contributed by atoms with Gasteiger partial charge in [-0.25, -0.2) is 0 Å². The Bertz CT molecular complexity index is 3180. The second-order valence-corrected chi connectivity index (χ2v) is 13.7. The van der Waals surface area contributed by atoms with Crippen molar-refractivity contribution in [1.82, 2.24) is 4.57 Å². The molecule has 0 aliphatic carbocycles. The molecule has 0 saturated heterocycles. The highest BCUT2D eigenvalue weighted by Gasteiger charge is 2.20. The molecule has 248 valence electrons. The predicted molar refractivity (Wildman–Crippen MR) is 223 cm³/mol. The van der Waals surface area contributed by atoms with Gasteiger partial charge in [-0.3, -0.25) is 0 Å². The molecule has 0 aliphatic heterocycles. The molecule has 11 aromatic rings. The van der Waals surface area contributed by atoms with Gasteiger partial charge in [-0.1, -0.05) is 133 Å². The summed E-state index contributed by atoms with van der Waals surface area (Å²) < 4.78 is 8.99. The van der Waals surface area contributed by atoms with Gasteiger partial charge in [-0.15, -0.1) is 0 Å². The lowest BCUT2D eigenvalue weighted by Crippen LogP contribution is -2.10. The lowest BCUT2D eigenvalue weighted by Gasteiger charge is -2.26. The predicted octanol–water partition coefficient (Wildman–Crippen LogP) is 14.1.